The van der Waals surface area contributed by atoms with Gasteiger partial charge in [0.2, 0.25) is 9.84 Å². The molecule has 0 aliphatic rings. The van der Waals surface area contributed by atoms with Gasteiger partial charge in [0.05, 0.1) is 29.6 Å². The number of nitrogens with two attached hydrogens (primary N) is 1. The Labute approximate surface area is 168 Å². The van der Waals surface area contributed by atoms with Gasteiger partial charge in [0.1, 0.15) is 5.75 Å². The first-order chi connectivity index (χ1) is 13.6. The van der Waals surface area contributed by atoms with Crippen molar-refractivity contribution in [2.24, 2.45) is 0 Å². The van der Waals surface area contributed by atoms with E-state index in [1.54, 1.807) is 0 Å². The van der Waals surface area contributed by atoms with Gasteiger partial charge in [-0.3, -0.25) is 0 Å². The molecule has 0 amide bonds. The third kappa shape index (κ3) is 4.09. The zero-order chi connectivity index (χ0) is 21.9. The summed E-state index contributed by atoms with van der Waals surface area (Å²) in [6.45, 7) is 2.94. The van der Waals surface area contributed by atoms with Gasteiger partial charge in [-0.25, -0.2) is 18.0 Å². The number of carboxylic acids is 1. The minimum atomic E-state index is -4.15. The van der Waals surface area contributed by atoms with E-state index in [4.69, 9.17) is 20.3 Å². The summed E-state index contributed by atoms with van der Waals surface area (Å²) < 4.78 is 36.6. The summed E-state index contributed by atoms with van der Waals surface area (Å²) in [5.74, 6) is -1.61. The number of ether oxygens (including phenoxy) is 2. The molecule has 29 heavy (non-hydrogen) atoms. The Bertz CT molecular complexity index is 1100. The van der Waals surface area contributed by atoms with Crippen LogP contribution < -0.4 is 10.5 Å². The van der Waals surface area contributed by atoms with Crippen molar-refractivity contribution in [2.75, 3.05) is 20.0 Å². The molecule has 2 aromatic rings. The maximum Gasteiger partial charge on any atom is 0.339 e. The number of hydrogen-bond donors (Lipinski definition) is 2. The SMILES string of the molecule is COC(=O)c1c(C)c(C=CC(=O)O)c(N)c(C)c1S(=O)(=O)c1ccc(OC)cc1. The highest BCUT2D eigenvalue weighted by Crippen LogP contribution is 2.37. The van der Waals surface area contributed by atoms with Crippen LogP contribution in [0.1, 0.15) is 27.0 Å². The van der Waals surface area contributed by atoms with E-state index in [-0.39, 0.29) is 37.7 Å². The average molecular weight is 419 g/mol. The summed E-state index contributed by atoms with van der Waals surface area (Å²) in [4.78, 5) is 23.1. The molecule has 2 aromatic carbocycles. The number of esters is 1. The predicted octanol–water partition coefficient (Wildman–Crippen LogP) is 2.61. The number of anilines is 1. The summed E-state index contributed by atoms with van der Waals surface area (Å²) in [5.41, 5.74) is 6.54. The van der Waals surface area contributed by atoms with Crippen LogP contribution in [0.25, 0.3) is 6.08 Å². The fourth-order valence-corrected chi connectivity index (χ4v) is 4.69. The fourth-order valence-electron chi connectivity index (χ4n) is 2.94. The molecule has 0 aliphatic heterocycles. The third-order valence-corrected chi connectivity index (χ3v) is 6.40. The maximum atomic E-state index is 13.4. The molecule has 9 heteroatoms. The lowest BCUT2D eigenvalue weighted by atomic mass is 9.96. The van der Waals surface area contributed by atoms with Crippen molar-refractivity contribution >= 4 is 33.5 Å². The van der Waals surface area contributed by atoms with Crippen LogP contribution in [0.15, 0.2) is 40.1 Å². The van der Waals surface area contributed by atoms with Crippen LogP contribution in [0, 0.1) is 13.8 Å². The number of hydrogen-bond acceptors (Lipinski definition) is 7. The summed E-state index contributed by atoms with van der Waals surface area (Å²) in [6.07, 6.45) is 2.08. The van der Waals surface area contributed by atoms with Crippen LogP contribution in [0.3, 0.4) is 0 Å². The van der Waals surface area contributed by atoms with E-state index < -0.39 is 21.8 Å². The Balaban J connectivity index is 2.89. The van der Waals surface area contributed by atoms with Gasteiger partial charge in [0.15, 0.2) is 0 Å². The summed E-state index contributed by atoms with van der Waals surface area (Å²) in [5, 5.41) is 8.90. The first-order valence-electron chi connectivity index (χ1n) is 8.37. The number of carbonyl (C=O) groups is 2. The second kappa shape index (κ2) is 8.36. The number of sulfone groups is 1. The summed E-state index contributed by atoms with van der Waals surface area (Å²) in [6, 6.07) is 5.69. The summed E-state index contributed by atoms with van der Waals surface area (Å²) >= 11 is 0. The van der Waals surface area contributed by atoms with Gasteiger partial charge >= 0.3 is 11.9 Å². The largest absolute Gasteiger partial charge is 0.497 e. The first kappa shape index (κ1) is 22.0. The van der Waals surface area contributed by atoms with Gasteiger partial charge < -0.3 is 20.3 Å². The lowest BCUT2D eigenvalue weighted by molar-refractivity contribution is -0.131. The number of rotatable bonds is 6. The topological polar surface area (TPSA) is 133 Å². The van der Waals surface area contributed by atoms with Crippen molar-refractivity contribution in [2.45, 2.75) is 23.6 Å². The Kier molecular flexibility index (Phi) is 6.33. The lowest BCUT2D eigenvalue weighted by Gasteiger charge is -2.19. The Morgan fingerprint density at radius 1 is 1.07 bits per heavy atom. The van der Waals surface area contributed by atoms with Crippen LogP contribution in [0.5, 0.6) is 5.75 Å². The molecular formula is C20H21NO7S. The van der Waals surface area contributed by atoms with Crippen molar-refractivity contribution in [3.8, 4) is 5.75 Å². The molecule has 0 radical (unpaired) electrons. The third-order valence-electron chi connectivity index (χ3n) is 4.46. The molecule has 0 unspecified atom stereocenters. The minimum Gasteiger partial charge on any atom is -0.497 e. The molecule has 8 nitrogen and oxygen atoms in total. The molecule has 0 atom stereocenters. The monoisotopic (exact) mass is 419 g/mol. The molecule has 0 saturated heterocycles. The van der Waals surface area contributed by atoms with Crippen LogP contribution in [0.2, 0.25) is 0 Å². The highest BCUT2D eigenvalue weighted by molar-refractivity contribution is 7.91. The van der Waals surface area contributed by atoms with E-state index in [2.05, 4.69) is 0 Å². The molecule has 0 fully saturated rings. The minimum absolute atomic E-state index is 0.0553. The van der Waals surface area contributed by atoms with Crippen LogP contribution in [-0.4, -0.2) is 39.7 Å². The Hall–Kier alpha value is -3.33. The van der Waals surface area contributed by atoms with Crippen LogP contribution in [-0.2, 0) is 19.4 Å². The molecule has 0 aliphatic carbocycles. The van der Waals surface area contributed by atoms with Gasteiger partial charge in [-0.05, 0) is 55.3 Å². The highest BCUT2D eigenvalue weighted by atomic mass is 32.2. The number of benzene rings is 2. The molecule has 0 saturated carbocycles. The standard InChI is InChI=1S/C20H21NO7S/c1-11-15(9-10-16(22)23)18(21)12(2)19(17(11)20(24)28-4)29(25,26)14-7-5-13(27-3)6-8-14/h5-10H,21H2,1-4H3,(H,22,23). The van der Waals surface area contributed by atoms with Crippen molar-refractivity contribution in [1.82, 2.24) is 0 Å². The number of carboxylic acid groups (broad SMARTS) is 1. The number of methoxy groups -OCH3 is 2. The van der Waals surface area contributed by atoms with Crippen molar-refractivity contribution in [3.63, 3.8) is 0 Å². The average Bonchev–Trinajstić information content (AvgIpc) is 2.69. The molecule has 0 spiro atoms. The second-order valence-electron chi connectivity index (χ2n) is 6.12. The first-order valence-corrected chi connectivity index (χ1v) is 9.85. The number of aliphatic carboxylic acids is 1. The van der Waals surface area contributed by atoms with Crippen molar-refractivity contribution < 1.29 is 32.6 Å². The summed E-state index contributed by atoms with van der Waals surface area (Å²) in [7, 11) is -1.57. The normalized spacial score (nSPS) is 11.4. The molecule has 2 rings (SSSR count). The van der Waals surface area contributed by atoms with E-state index >= 15 is 0 Å². The van der Waals surface area contributed by atoms with E-state index in [9.17, 15) is 18.0 Å². The van der Waals surface area contributed by atoms with Gasteiger partial charge in [-0.2, -0.15) is 0 Å². The molecule has 154 valence electrons. The van der Waals surface area contributed by atoms with Gasteiger partial charge in [0.25, 0.3) is 0 Å². The van der Waals surface area contributed by atoms with E-state index in [1.165, 1.54) is 51.3 Å². The maximum absolute atomic E-state index is 13.4. The van der Waals surface area contributed by atoms with Gasteiger partial charge in [-0.15, -0.1) is 0 Å². The van der Waals surface area contributed by atoms with E-state index in [0.717, 1.165) is 13.2 Å². The Morgan fingerprint density at radius 2 is 1.66 bits per heavy atom. The van der Waals surface area contributed by atoms with E-state index in [1.807, 2.05) is 0 Å². The zero-order valence-electron chi connectivity index (χ0n) is 16.3. The fraction of sp³-hybridized carbons (Fsp3) is 0.200. The van der Waals surface area contributed by atoms with Gasteiger partial charge in [0, 0.05) is 17.3 Å². The highest BCUT2D eigenvalue weighted by Gasteiger charge is 2.31. The molecule has 3 N–H and O–H groups in total. The smallest absolute Gasteiger partial charge is 0.339 e. The quantitative estimate of drug-likeness (QED) is 0.415. The van der Waals surface area contributed by atoms with Crippen molar-refractivity contribution in [1.29, 1.82) is 0 Å². The molecule has 0 aromatic heterocycles. The second-order valence-corrected chi connectivity index (χ2v) is 8.01. The van der Waals surface area contributed by atoms with Crippen LogP contribution >= 0.6 is 0 Å². The van der Waals surface area contributed by atoms with Gasteiger partial charge in [-0.1, -0.05) is 0 Å². The number of nitrogen functional groups attached to an aromatic ring is 1. The predicted molar refractivity (Wildman–Crippen MR) is 107 cm³/mol. The van der Waals surface area contributed by atoms with Crippen LogP contribution in [0.4, 0.5) is 5.69 Å². The molecule has 0 heterocycles. The molecular weight excluding hydrogens is 398 g/mol. The lowest BCUT2D eigenvalue weighted by Crippen LogP contribution is -2.17. The molecule has 0 bridgehead atoms. The van der Waals surface area contributed by atoms with E-state index in [0.29, 0.717) is 5.75 Å². The Morgan fingerprint density at radius 3 is 2.14 bits per heavy atom. The zero-order valence-corrected chi connectivity index (χ0v) is 17.2. The number of carbonyl (C=O) groups excluding carboxylic acids is 1. The van der Waals surface area contributed by atoms with Crippen molar-refractivity contribution in [3.05, 3.63) is 52.6 Å².